The van der Waals surface area contributed by atoms with Crippen molar-refractivity contribution >= 4 is 12.0 Å². The number of carbonyl (C=O) groups excluding carboxylic acids is 1. The lowest BCUT2D eigenvalue weighted by Crippen LogP contribution is -2.14. The summed E-state index contributed by atoms with van der Waals surface area (Å²) >= 11 is 0. The van der Waals surface area contributed by atoms with Gasteiger partial charge < -0.3 is 18.6 Å². The molecule has 5 nitrogen and oxygen atoms in total. The molecule has 0 radical (unpaired) electrons. The van der Waals surface area contributed by atoms with Gasteiger partial charge in [0.1, 0.15) is 5.76 Å². The Balaban J connectivity index is 2.10. The monoisotopic (exact) mass is 238 g/mol. The van der Waals surface area contributed by atoms with Gasteiger partial charge in [-0.25, -0.2) is 4.79 Å². The molecule has 1 aliphatic heterocycles. The molecule has 1 aromatic rings. The number of hydrogen-bond acceptors (Lipinski definition) is 5. The third-order valence-electron chi connectivity index (χ3n) is 2.38. The van der Waals surface area contributed by atoms with Gasteiger partial charge in [-0.15, -0.1) is 0 Å². The van der Waals surface area contributed by atoms with Crippen LogP contribution < -0.4 is 0 Å². The second kappa shape index (κ2) is 5.65. The fraction of sp³-hybridized carbons (Fsp3) is 0.417. The minimum atomic E-state index is -0.402. The van der Waals surface area contributed by atoms with Gasteiger partial charge in [-0.1, -0.05) is 0 Å². The SMILES string of the molecule is COC(=O)C(=Cc1ccco1)CC1OCCO1. The summed E-state index contributed by atoms with van der Waals surface area (Å²) in [4.78, 5) is 11.6. The zero-order valence-electron chi connectivity index (χ0n) is 9.55. The maximum atomic E-state index is 11.6. The minimum Gasteiger partial charge on any atom is -0.466 e. The van der Waals surface area contributed by atoms with Crippen molar-refractivity contribution in [2.75, 3.05) is 20.3 Å². The molecule has 5 heteroatoms. The lowest BCUT2D eigenvalue weighted by Gasteiger charge is -2.10. The first-order chi connectivity index (χ1) is 8.29. The maximum absolute atomic E-state index is 11.6. The van der Waals surface area contributed by atoms with Crippen LogP contribution in [0.4, 0.5) is 0 Å². The molecule has 0 aliphatic carbocycles. The number of carbonyl (C=O) groups is 1. The Morgan fingerprint density at radius 1 is 1.53 bits per heavy atom. The Morgan fingerprint density at radius 3 is 2.88 bits per heavy atom. The van der Waals surface area contributed by atoms with Crippen LogP contribution in [0.15, 0.2) is 28.4 Å². The van der Waals surface area contributed by atoms with Gasteiger partial charge in [0.25, 0.3) is 0 Å². The molecule has 0 saturated carbocycles. The number of hydrogen-bond donors (Lipinski definition) is 0. The molecule has 1 fully saturated rings. The van der Waals surface area contributed by atoms with Crippen LogP contribution in [0.3, 0.4) is 0 Å². The minimum absolute atomic E-state index is 0.355. The van der Waals surface area contributed by atoms with Gasteiger partial charge in [0.2, 0.25) is 0 Å². The van der Waals surface area contributed by atoms with E-state index in [2.05, 4.69) is 0 Å². The highest BCUT2D eigenvalue weighted by atomic mass is 16.7. The molecule has 17 heavy (non-hydrogen) atoms. The summed E-state index contributed by atoms with van der Waals surface area (Å²) in [6, 6.07) is 3.52. The molecule has 0 spiro atoms. The second-order valence-corrected chi connectivity index (χ2v) is 3.55. The molecule has 0 amide bonds. The maximum Gasteiger partial charge on any atom is 0.334 e. The van der Waals surface area contributed by atoms with E-state index in [0.29, 0.717) is 31.0 Å². The fourth-order valence-corrected chi connectivity index (χ4v) is 1.58. The van der Waals surface area contributed by atoms with Crippen molar-refractivity contribution in [3.63, 3.8) is 0 Å². The van der Waals surface area contributed by atoms with E-state index >= 15 is 0 Å². The Hall–Kier alpha value is -1.59. The summed E-state index contributed by atoms with van der Waals surface area (Å²) in [5.41, 5.74) is 0.467. The van der Waals surface area contributed by atoms with E-state index < -0.39 is 5.97 Å². The third-order valence-corrected chi connectivity index (χ3v) is 2.38. The normalized spacial score (nSPS) is 17.4. The standard InChI is InChI=1S/C12H14O5/c1-14-12(13)9(7-10-3-2-4-15-10)8-11-16-5-6-17-11/h2-4,7,11H,5-6,8H2,1H3. The van der Waals surface area contributed by atoms with Crippen molar-refractivity contribution in [2.24, 2.45) is 0 Å². The van der Waals surface area contributed by atoms with Crippen molar-refractivity contribution in [1.82, 2.24) is 0 Å². The summed E-state index contributed by atoms with van der Waals surface area (Å²) in [5.74, 6) is 0.198. The van der Waals surface area contributed by atoms with Crippen LogP contribution in [0.2, 0.25) is 0 Å². The number of ether oxygens (including phenoxy) is 3. The predicted octanol–water partition coefficient (Wildman–Crippen LogP) is 1.60. The zero-order chi connectivity index (χ0) is 12.1. The molecular weight excluding hydrogens is 224 g/mol. The van der Waals surface area contributed by atoms with Crippen molar-refractivity contribution in [3.05, 3.63) is 29.7 Å². The molecule has 92 valence electrons. The van der Waals surface area contributed by atoms with E-state index in [1.165, 1.54) is 7.11 Å². The van der Waals surface area contributed by atoms with Crippen LogP contribution in [0, 0.1) is 0 Å². The molecule has 1 saturated heterocycles. The molecule has 1 aliphatic rings. The Bertz CT molecular complexity index is 387. The van der Waals surface area contributed by atoms with E-state index in [1.807, 2.05) is 0 Å². The Labute approximate surface area is 99.0 Å². The van der Waals surface area contributed by atoms with Crippen molar-refractivity contribution in [3.8, 4) is 0 Å². The lowest BCUT2D eigenvalue weighted by atomic mass is 10.1. The van der Waals surface area contributed by atoms with Crippen LogP contribution in [-0.2, 0) is 19.0 Å². The van der Waals surface area contributed by atoms with Gasteiger partial charge in [0, 0.05) is 12.0 Å². The predicted molar refractivity (Wildman–Crippen MR) is 59.0 cm³/mol. The van der Waals surface area contributed by atoms with Crippen LogP contribution >= 0.6 is 0 Å². The molecular formula is C12H14O5. The summed E-state index contributed by atoms with van der Waals surface area (Å²) in [6.45, 7) is 1.11. The quantitative estimate of drug-likeness (QED) is 0.589. The van der Waals surface area contributed by atoms with Gasteiger partial charge in [0.15, 0.2) is 6.29 Å². The Morgan fingerprint density at radius 2 is 2.29 bits per heavy atom. The highest BCUT2D eigenvalue weighted by Crippen LogP contribution is 2.18. The number of methoxy groups -OCH3 is 1. The lowest BCUT2D eigenvalue weighted by molar-refractivity contribution is -0.137. The van der Waals surface area contributed by atoms with E-state index in [9.17, 15) is 4.79 Å². The van der Waals surface area contributed by atoms with Crippen LogP contribution in [-0.4, -0.2) is 32.6 Å². The highest BCUT2D eigenvalue weighted by Gasteiger charge is 2.21. The van der Waals surface area contributed by atoms with E-state index in [-0.39, 0.29) is 6.29 Å². The number of furan rings is 1. The topological polar surface area (TPSA) is 57.9 Å². The van der Waals surface area contributed by atoms with Gasteiger partial charge in [-0.2, -0.15) is 0 Å². The number of rotatable bonds is 4. The van der Waals surface area contributed by atoms with Crippen LogP contribution in [0.1, 0.15) is 12.2 Å². The van der Waals surface area contributed by atoms with Crippen molar-refractivity contribution in [2.45, 2.75) is 12.7 Å². The molecule has 1 aromatic heterocycles. The fourth-order valence-electron chi connectivity index (χ4n) is 1.58. The molecule has 0 bridgehead atoms. The van der Waals surface area contributed by atoms with Gasteiger partial charge in [-0.05, 0) is 18.2 Å². The summed E-state index contributed by atoms with van der Waals surface area (Å²) in [6.07, 6.45) is 3.16. The van der Waals surface area contributed by atoms with Crippen LogP contribution in [0.25, 0.3) is 6.08 Å². The smallest absolute Gasteiger partial charge is 0.334 e. The summed E-state index contributed by atoms with van der Waals surface area (Å²) in [5, 5.41) is 0. The first-order valence-corrected chi connectivity index (χ1v) is 5.35. The van der Waals surface area contributed by atoms with E-state index in [1.54, 1.807) is 24.5 Å². The third kappa shape index (κ3) is 3.18. The van der Waals surface area contributed by atoms with Gasteiger partial charge in [-0.3, -0.25) is 0 Å². The van der Waals surface area contributed by atoms with E-state index in [4.69, 9.17) is 18.6 Å². The number of esters is 1. The first-order valence-electron chi connectivity index (χ1n) is 5.35. The molecule has 0 unspecified atom stereocenters. The highest BCUT2D eigenvalue weighted by molar-refractivity contribution is 5.93. The average Bonchev–Trinajstić information content (AvgIpc) is 3.00. The zero-order valence-corrected chi connectivity index (χ0v) is 9.55. The molecule has 2 heterocycles. The summed E-state index contributed by atoms with van der Waals surface area (Å²) in [7, 11) is 1.34. The molecule has 0 N–H and O–H groups in total. The second-order valence-electron chi connectivity index (χ2n) is 3.55. The molecule has 2 rings (SSSR count). The molecule has 0 atom stereocenters. The van der Waals surface area contributed by atoms with Gasteiger partial charge in [0.05, 0.1) is 26.6 Å². The first kappa shape index (κ1) is 11.9. The van der Waals surface area contributed by atoms with Crippen molar-refractivity contribution in [1.29, 1.82) is 0 Å². The van der Waals surface area contributed by atoms with Gasteiger partial charge >= 0.3 is 5.97 Å². The molecule has 0 aromatic carbocycles. The average molecular weight is 238 g/mol. The Kier molecular flexibility index (Phi) is 3.95. The van der Waals surface area contributed by atoms with E-state index in [0.717, 1.165) is 0 Å². The summed E-state index contributed by atoms with van der Waals surface area (Å²) < 4.78 is 20.5. The van der Waals surface area contributed by atoms with Crippen molar-refractivity contribution < 1.29 is 23.4 Å². The van der Waals surface area contributed by atoms with Crippen LogP contribution in [0.5, 0.6) is 0 Å². The largest absolute Gasteiger partial charge is 0.466 e.